The molecule has 0 radical (unpaired) electrons. The van der Waals surface area contributed by atoms with Crippen molar-refractivity contribution >= 4 is 34.7 Å². The van der Waals surface area contributed by atoms with Gasteiger partial charge in [0.05, 0.1) is 22.8 Å². The molecule has 2 fully saturated rings. The summed E-state index contributed by atoms with van der Waals surface area (Å²) in [6.45, 7) is 3.49. The summed E-state index contributed by atoms with van der Waals surface area (Å²) in [5, 5.41) is 17.4. The van der Waals surface area contributed by atoms with Crippen LogP contribution in [0.25, 0.3) is 11.3 Å². The topological polar surface area (TPSA) is 97.1 Å². The zero-order valence-corrected chi connectivity index (χ0v) is 21.0. The third kappa shape index (κ3) is 4.99. The molecule has 1 aromatic heterocycles. The molecule has 7 nitrogen and oxygen atoms in total. The van der Waals surface area contributed by atoms with E-state index in [1.54, 1.807) is 0 Å². The van der Waals surface area contributed by atoms with Gasteiger partial charge in [-0.1, -0.05) is 39.6 Å². The van der Waals surface area contributed by atoms with Crippen molar-refractivity contribution in [3.8, 4) is 11.3 Å². The molecule has 2 heterocycles. The van der Waals surface area contributed by atoms with Gasteiger partial charge in [0.1, 0.15) is 11.5 Å². The average Bonchev–Trinajstić information content (AvgIpc) is 3.62. The highest BCUT2D eigenvalue weighted by molar-refractivity contribution is 6.39. The van der Waals surface area contributed by atoms with E-state index in [1.807, 2.05) is 42.5 Å². The molecule has 1 aliphatic carbocycles. The van der Waals surface area contributed by atoms with Crippen LogP contribution in [0.3, 0.4) is 0 Å². The SMILES string of the molecule is C[C@H]1C[C@@H](OCc2c(-c3c(Cl)cccc3Cl)noc2C2CC2)CCN1c1ccc(/C(N)=N/O)cc1. The highest BCUT2D eigenvalue weighted by Gasteiger charge is 2.34. The summed E-state index contributed by atoms with van der Waals surface area (Å²) in [7, 11) is 0. The Morgan fingerprint density at radius 3 is 2.51 bits per heavy atom. The molecular formula is C26H28Cl2N4O3. The maximum atomic E-state index is 8.87. The van der Waals surface area contributed by atoms with E-state index in [1.165, 1.54) is 0 Å². The smallest absolute Gasteiger partial charge is 0.170 e. The molecule has 2 aliphatic rings. The van der Waals surface area contributed by atoms with Gasteiger partial charge in [0.2, 0.25) is 0 Å². The minimum Gasteiger partial charge on any atom is -0.409 e. The van der Waals surface area contributed by atoms with Crippen LogP contribution in [0.15, 0.2) is 52.1 Å². The Morgan fingerprint density at radius 1 is 1.17 bits per heavy atom. The number of halogens is 2. The third-order valence-electron chi connectivity index (χ3n) is 6.86. The first-order valence-corrected chi connectivity index (χ1v) is 12.6. The van der Waals surface area contributed by atoms with Crippen LogP contribution in [0.4, 0.5) is 5.69 Å². The van der Waals surface area contributed by atoms with Gasteiger partial charge in [-0.05, 0) is 69.0 Å². The number of hydrogen-bond acceptors (Lipinski definition) is 6. The number of ether oxygens (including phenoxy) is 1. The van der Waals surface area contributed by atoms with Crippen molar-refractivity contribution in [3.05, 3.63) is 69.4 Å². The molecule has 1 saturated heterocycles. The normalized spacial score (nSPS) is 20.9. The fraction of sp³-hybridized carbons (Fsp3) is 0.385. The second-order valence-electron chi connectivity index (χ2n) is 9.28. The predicted octanol–water partition coefficient (Wildman–Crippen LogP) is 6.19. The van der Waals surface area contributed by atoms with E-state index in [9.17, 15) is 0 Å². The Balaban J connectivity index is 1.28. The summed E-state index contributed by atoms with van der Waals surface area (Å²) >= 11 is 13.0. The second-order valence-corrected chi connectivity index (χ2v) is 10.1. The maximum absolute atomic E-state index is 8.87. The van der Waals surface area contributed by atoms with Crippen molar-refractivity contribution in [1.82, 2.24) is 5.16 Å². The quantitative estimate of drug-likeness (QED) is 0.169. The predicted molar refractivity (Wildman–Crippen MR) is 138 cm³/mol. The number of aromatic nitrogens is 1. The Morgan fingerprint density at radius 2 is 1.89 bits per heavy atom. The Labute approximate surface area is 214 Å². The van der Waals surface area contributed by atoms with Crippen LogP contribution >= 0.6 is 23.2 Å². The molecule has 0 bridgehead atoms. The molecule has 2 aromatic carbocycles. The highest BCUT2D eigenvalue weighted by Crippen LogP contribution is 2.46. The molecule has 3 aromatic rings. The summed E-state index contributed by atoms with van der Waals surface area (Å²) in [6, 6.07) is 13.5. The van der Waals surface area contributed by atoms with Crippen molar-refractivity contribution < 1.29 is 14.5 Å². The zero-order chi connectivity index (χ0) is 24.5. The highest BCUT2D eigenvalue weighted by atomic mass is 35.5. The van der Waals surface area contributed by atoms with Crippen LogP contribution in [0, 0.1) is 0 Å². The Bertz CT molecular complexity index is 1200. The first-order valence-electron chi connectivity index (χ1n) is 11.8. The number of nitrogens with two attached hydrogens (primary N) is 1. The lowest BCUT2D eigenvalue weighted by Crippen LogP contribution is -2.43. The minimum absolute atomic E-state index is 0.105. The van der Waals surface area contributed by atoms with Gasteiger partial charge in [-0.3, -0.25) is 0 Å². The van der Waals surface area contributed by atoms with E-state index < -0.39 is 0 Å². The van der Waals surface area contributed by atoms with Gasteiger partial charge in [-0.15, -0.1) is 0 Å². The van der Waals surface area contributed by atoms with Crippen molar-refractivity contribution in [2.75, 3.05) is 11.4 Å². The van der Waals surface area contributed by atoms with Gasteiger partial charge in [-0.2, -0.15) is 0 Å². The lowest BCUT2D eigenvalue weighted by molar-refractivity contribution is 0.0175. The van der Waals surface area contributed by atoms with E-state index in [4.69, 9.17) is 43.4 Å². The fourth-order valence-corrected chi connectivity index (χ4v) is 5.37. The molecule has 2 atom stereocenters. The summed E-state index contributed by atoms with van der Waals surface area (Å²) in [6.07, 6.45) is 4.12. The Hall–Kier alpha value is -2.74. The first-order chi connectivity index (χ1) is 17.0. The molecule has 35 heavy (non-hydrogen) atoms. The molecule has 3 N–H and O–H groups in total. The monoisotopic (exact) mass is 514 g/mol. The average molecular weight is 515 g/mol. The fourth-order valence-electron chi connectivity index (χ4n) is 4.79. The first kappa shape index (κ1) is 24.0. The number of amidine groups is 1. The molecule has 1 aliphatic heterocycles. The molecule has 0 amide bonds. The van der Waals surface area contributed by atoms with Crippen LogP contribution < -0.4 is 10.6 Å². The van der Waals surface area contributed by atoms with Gasteiger partial charge in [0.15, 0.2) is 5.84 Å². The maximum Gasteiger partial charge on any atom is 0.170 e. The van der Waals surface area contributed by atoms with Crippen molar-refractivity contribution in [2.45, 2.75) is 57.3 Å². The summed E-state index contributed by atoms with van der Waals surface area (Å²) in [4.78, 5) is 2.36. The molecule has 0 unspecified atom stereocenters. The Kier molecular flexibility index (Phi) is 6.91. The van der Waals surface area contributed by atoms with Crippen molar-refractivity contribution in [3.63, 3.8) is 0 Å². The van der Waals surface area contributed by atoms with Crippen LogP contribution in [-0.2, 0) is 11.3 Å². The lowest BCUT2D eigenvalue weighted by Gasteiger charge is -2.39. The van der Waals surface area contributed by atoms with Gasteiger partial charge >= 0.3 is 0 Å². The minimum atomic E-state index is 0.105. The van der Waals surface area contributed by atoms with Gasteiger partial charge in [0.25, 0.3) is 0 Å². The number of anilines is 1. The summed E-state index contributed by atoms with van der Waals surface area (Å²) in [5.74, 6) is 1.39. The van der Waals surface area contributed by atoms with Crippen LogP contribution in [-0.4, -0.2) is 34.9 Å². The second kappa shape index (κ2) is 10.1. The molecule has 184 valence electrons. The number of piperidine rings is 1. The van der Waals surface area contributed by atoms with Crippen LogP contribution in [0.5, 0.6) is 0 Å². The zero-order valence-electron chi connectivity index (χ0n) is 19.5. The van der Waals surface area contributed by atoms with Crippen molar-refractivity contribution in [2.24, 2.45) is 10.9 Å². The number of benzene rings is 2. The van der Waals surface area contributed by atoms with Gasteiger partial charge < -0.3 is 25.1 Å². The van der Waals surface area contributed by atoms with E-state index >= 15 is 0 Å². The van der Waals surface area contributed by atoms with Gasteiger partial charge in [-0.25, -0.2) is 0 Å². The molecular weight excluding hydrogens is 487 g/mol. The number of nitrogens with zero attached hydrogens (tertiary/aromatic N) is 3. The molecule has 5 rings (SSSR count). The molecule has 0 spiro atoms. The largest absolute Gasteiger partial charge is 0.409 e. The lowest BCUT2D eigenvalue weighted by atomic mass is 9.99. The summed E-state index contributed by atoms with van der Waals surface area (Å²) in [5.41, 5.74) is 9.81. The molecule has 9 heteroatoms. The van der Waals surface area contributed by atoms with E-state index in [-0.39, 0.29) is 11.9 Å². The summed E-state index contributed by atoms with van der Waals surface area (Å²) < 4.78 is 12.2. The van der Waals surface area contributed by atoms with Crippen LogP contribution in [0.1, 0.15) is 55.4 Å². The number of oxime groups is 1. The van der Waals surface area contributed by atoms with E-state index in [0.717, 1.165) is 49.2 Å². The number of hydrogen-bond donors (Lipinski definition) is 2. The molecule has 1 saturated carbocycles. The van der Waals surface area contributed by atoms with Gasteiger partial charge in [0, 0.05) is 40.9 Å². The number of rotatable bonds is 7. The van der Waals surface area contributed by atoms with E-state index in [2.05, 4.69) is 22.1 Å². The van der Waals surface area contributed by atoms with Crippen molar-refractivity contribution in [1.29, 1.82) is 0 Å². The van der Waals surface area contributed by atoms with Crippen LogP contribution in [0.2, 0.25) is 10.0 Å². The standard InChI is InChI=1S/C26H28Cl2N4O3/c1-15-13-19(11-12-32(15)18-9-7-17(8-10-18)26(29)30-33)34-14-20-24(31-35-25(20)16-5-6-16)23-21(27)3-2-4-22(23)28/h2-4,7-10,15-16,19,33H,5-6,11-14H2,1H3,(H2,29,30)/t15-,19-/m0/s1. The third-order valence-corrected chi connectivity index (χ3v) is 7.49. The van der Waals surface area contributed by atoms with E-state index in [0.29, 0.717) is 45.4 Å².